The zero-order valence-electron chi connectivity index (χ0n) is 13.9. The zero-order chi connectivity index (χ0) is 18.1. The average molecular weight is 350 g/mol. The van der Waals surface area contributed by atoms with Crippen molar-refractivity contribution in [1.82, 2.24) is 0 Å². The molecule has 0 aromatic heterocycles. The van der Waals surface area contributed by atoms with Crippen LogP contribution < -0.4 is 9.62 Å². The number of hydrogen-bond donors (Lipinski definition) is 1. The first kappa shape index (κ1) is 17.9. The normalized spacial score (nSPS) is 11.2. The lowest BCUT2D eigenvalue weighted by Crippen LogP contribution is -2.25. The summed E-state index contributed by atoms with van der Waals surface area (Å²) in [5, 5.41) is 0. The second-order valence-corrected chi connectivity index (χ2v) is 7.26. The molecule has 2 aromatic rings. The van der Waals surface area contributed by atoms with Crippen molar-refractivity contribution in [2.75, 3.05) is 16.7 Å². The van der Waals surface area contributed by atoms with Crippen LogP contribution in [0.5, 0.6) is 0 Å². The quantitative estimate of drug-likeness (QED) is 0.921. The number of nitrogens with one attached hydrogen (secondary N) is 1. The third kappa shape index (κ3) is 3.73. The van der Waals surface area contributed by atoms with Gasteiger partial charge in [-0.1, -0.05) is 12.1 Å². The van der Waals surface area contributed by atoms with Crippen LogP contribution in [-0.2, 0) is 14.8 Å². The van der Waals surface area contributed by atoms with E-state index in [1.165, 1.54) is 31.0 Å². The van der Waals surface area contributed by atoms with E-state index >= 15 is 0 Å². The van der Waals surface area contributed by atoms with Gasteiger partial charge in [0.25, 0.3) is 10.0 Å². The molecule has 0 radical (unpaired) electrons. The van der Waals surface area contributed by atoms with Crippen LogP contribution in [0.3, 0.4) is 0 Å². The van der Waals surface area contributed by atoms with Gasteiger partial charge in [0.05, 0.1) is 16.3 Å². The fourth-order valence-electron chi connectivity index (χ4n) is 2.25. The highest BCUT2D eigenvalue weighted by atomic mass is 32.2. The topological polar surface area (TPSA) is 66.5 Å². The lowest BCUT2D eigenvalue weighted by Gasteiger charge is -2.20. The van der Waals surface area contributed by atoms with Gasteiger partial charge in [0, 0.05) is 20.0 Å². The van der Waals surface area contributed by atoms with Crippen molar-refractivity contribution in [3.63, 3.8) is 0 Å². The van der Waals surface area contributed by atoms with Crippen LogP contribution in [0, 0.1) is 19.7 Å². The van der Waals surface area contributed by atoms with Crippen LogP contribution in [0.25, 0.3) is 0 Å². The Kier molecular flexibility index (Phi) is 4.94. The van der Waals surface area contributed by atoms with E-state index in [-0.39, 0.29) is 22.2 Å². The third-order valence-corrected chi connectivity index (χ3v) is 5.18. The maximum Gasteiger partial charge on any atom is 0.262 e. The van der Waals surface area contributed by atoms with Gasteiger partial charge in [-0.3, -0.25) is 9.52 Å². The van der Waals surface area contributed by atoms with E-state index in [4.69, 9.17) is 0 Å². The summed E-state index contributed by atoms with van der Waals surface area (Å²) >= 11 is 0. The monoisotopic (exact) mass is 350 g/mol. The Balaban J connectivity index is 2.52. The summed E-state index contributed by atoms with van der Waals surface area (Å²) in [4.78, 5) is 12.9. The molecular formula is C17H19FN2O3S. The predicted octanol–water partition coefficient (Wildman–Crippen LogP) is 3.23. The van der Waals surface area contributed by atoms with Crippen LogP contribution in [-0.4, -0.2) is 21.4 Å². The van der Waals surface area contributed by atoms with Crippen molar-refractivity contribution in [3.8, 4) is 0 Å². The first-order valence-corrected chi connectivity index (χ1v) is 8.74. The Morgan fingerprint density at radius 1 is 1.12 bits per heavy atom. The minimum absolute atomic E-state index is 0.00797. The zero-order valence-corrected chi connectivity index (χ0v) is 14.7. The third-order valence-electron chi connectivity index (χ3n) is 3.67. The fourth-order valence-corrected chi connectivity index (χ4v) is 3.64. The van der Waals surface area contributed by atoms with Crippen molar-refractivity contribution in [3.05, 3.63) is 53.3 Å². The summed E-state index contributed by atoms with van der Waals surface area (Å²) in [6.45, 7) is 4.81. The van der Waals surface area contributed by atoms with Crippen LogP contribution in [0.2, 0.25) is 0 Å². The molecule has 0 aliphatic heterocycles. The molecule has 0 saturated carbocycles. The Bertz CT molecular complexity index is 895. The Morgan fingerprint density at radius 2 is 1.79 bits per heavy atom. The molecule has 7 heteroatoms. The van der Waals surface area contributed by atoms with E-state index in [1.807, 2.05) is 6.07 Å². The number of hydrogen-bond acceptors (Lipinski definition) is 3. The van der Waals surface area contributed by atoms with Gasteiger partial charge in [0.2, 0.25) is 5.91 Å². The minimum atomic E-state index is -3.92. The Hall–Kier alpha value is -2.41. The van der Waals surface area contributed by atoms with Gasteiger partial charge in [-0.2, -0.15) is 0 Å². The highest BCUT2D eigenvalue weighted by Crippen LogP contribution is 2.29. The molecule has 5 nitrogen and oxygen atoms in total. The number of rotatable bonds is 4. The van der Waals surface area contributed by atoms with E-state index in [1.54, 1.807) is 26.0 Å². The summed E-state index contributed by atoms with van der Waals surface area (Å²) in [5.41, 5.74) is 1.65. The summed E-state index contributed by atoms with van der Waals surface area (Å²) < 4.78 is 41.4. The van der Waals surface area contributed by atoms with Gasteiger partial charge < -0.3 is 4.90 Å². The Labute approximate surface area is 141 Å². The molecule has 1 N–H and O–H groups in total. The van der Waals surface area contributed by atoms with Crippen molar-refractivity contribution in [1.29, 1.82) is 0 Å². The molecule has 0 bridgehead atoms. The predicted molar refractivity (Wildman–Crippen MR) is 92.2 cm³/mol. The highest BCUT2D eigenvalue weighted by Gasteiger charge is 2.21. The van der Waals surface area contributed by atoms with Crippen LogP contribution in [0.4, 0.5) is 15.8 Å². The number of carbonyl (C=O) groups excluding carboxylic acids is 1. The van der Waals surface area contributed by atoms with Crippen LogP contribution in [0.15, 0.2) is 41.3 Å². The summed E-state index contributed by atoms with van der Waals surface area (Å²) in [7, 11) is -2.43. The molecule has 2 rings (SSSR count). The number of amides is 1. The molecule has 0 aliphatic rings. The van der Waals surface area contributed by atoms with E-state index in [9.17, 15) is 17.6 Å². The molecule has 24 heavy (non-hydrogen) atoms. The van der Waals surface area contributed by atoms with Gasteiger partial charge in [-0.15, -0.1) is 0 Å². The lowest BCUT2D eigenvalue weighted by molar-refractivity contribution is -0.116. The lowest BCUT2D eigenvalue weighted by atomic mass is 10.2. The largest absolute Gasteiger partial charge is 0.314 e. The first-order chi connectivity index (χ1) is 11.1. The molecule has 128 valence electrons. The van der Waals surface area contributed by atoms with Gasteiger partial charge >= 0.3 is 0 Å². The highest BCUT2D eigenvalue weighted by molar-refractivity contribution is 7.92. The van der Waals surface area contributed by atoms with Crippen molar-refractivity contribution >= 4 is 27.3 Å². The Morgan fingerprint density at radius 3 is 2.42 bits per heavy atom. The van der Waals surface area contributed by atoms with Crippen molar-refractivity contribution < 1.29 is 17.6 Å². The number of nitrogens with zero attached hydrogens (tertiary/aromatic N) is 1. The molecule has 1 amide bonds. The average Bonchev–Trinajstić information content (AvgIpc) is 2.48. The number of carbonyl (C=O) groups is 1. The van der Waals surface area contributed by atoms with Gasteiger partial charge in [0.15, 0.2) is 0 Å². The molecule has 0 saturated heterocycles. The van der Waals surface area contributed by atoms with E-state index < -0.39 is 15.8 Å². The standard InChI is InChI=1S/C17H19FN2O3S/c1-11-5-6-12(2)17(9-11)24(22,23)19-15-10-14(18)7-8-16(15)20(4)13(3)21/h5-10,19H,1-4H3. The maximum atomic E-state index is 13.6. The molecule has 0 spiro atoms. The SMILES string of the molecule is CC(=O)N(C)c1ccc(F)cc1NS(=O)(=O)c1cc(C)ccc1C. The van der Waals surface area contributed by atoms with Gasteiger partial charge in [-0.25, -0.2) is 12.8 Å². The van der Waals surface area contributed by atoms with Gasteiger partial charge in [0.1, 0.15) is 5.82 Å². The van der Waals surface area contributed by atoms with Crippen LogP contribution in [0.1, 0.15) is 18.1 Å². The van der Waals surface area contributed by atoms with E-state index in [2.05, 4.69) is 4.72 Å². The number of benzene rings is 2. The number of anilines is 2. The van der Waals surface area contributed by atoms with Crippen LogP contribution >= 0.6 is 0 Å². The van der Waals surface area contributed by atoms with E-state index in [0.717, 1.165) is 11.6 Å². The second kappa shape index (κ2) is 6.60. The number of halogens is 1. The smallest absolute Gasteiger partial charge is 0.262 e. The van der Waals surface area contributed by atoms with Gasteiger partial charge in [-0.05, 0) is 43.2 Å². The number of aryl methyl sites for hydroxylation is 2. The molecular weight excluding hydrogens is 331 g/mol. The first-order valence-electron chi connectivity index (χ1n) is 7.26. The fraction of sp³-hybridized carbons (Fsp3) is 0.235. The molecule has 0 aliphatic carbocycles. The van der Waals surface area contributed by atoms with E-state index in [0.29, 0.717) is 5.56 Å². The number of sulfonamides is 1. The molecule has 0 fully saturated rings. The molecule has 0 heterocycles. The maximum absolute atomic E-state index is 13.6. The summed E-state index contributed by atoms with van der Waals surface area (Å²) in [6.07, 6.45) is 0. The molecule has 2 aromatic carbocycles. The summed E-state index contributed by atoms with van der Waals surface area (Å²) in [6, 6.07) is 8.65. The molecule has 0 atom stereocenters. The summed E-state index contributed by atoms with van der Waals surface area (Å²) in [5.74, 6) is -0.900. The van der Waals surface area contributed by atoms with Crippen molar-refractivity contribution in [2.45, 2.75) is 25.7 Å². The molecule has 0 unspecified atom stereocenters. The second-order valence-electron chi connectivity index (χ2n) is 5.61. The minimum Gasteiger partial charge on any atom is -0.314 e. The van der Waals surface area contributed by atoms with Crippen molar-refractivity contribution in [2.24, 2.45) is 0 Å².